The van der Waals surface area contributed by atoms with Crippen molar-refractivity contribution < 1.29 is 9.53 Å². The molecule has 0 spiro atoms. The van der Waals surface area contributed by atoms with Gasteiger partial charge in [-0.25, -0.2) is 0 Å². The third-order valence-electron chi connectivity index (χ3n) is 3.04. The van der Waals surface area contributed by atoms with E-state index in [2.05, 4.69) is 18.4 Å². The molecule has 0 aliphatic carbocycles. The second-order valence-corrected chi connectivity index (χ2v) is 4.14. The van der Waals surface area contributed by atoms with E-state index in [-0.39, 0.29) is 11.7 Å². The fraction of sp³-hybridized carbons (Fsp3) is 0.133. The van der Waals surface area contributed by atoms with Crippen molar-refractivity contribution in [3.63, 3.8) is 0 Å². The van der Waals surface area contributed by atoms with Gasteiger partial charge in [0.1, 0.15) is 5.75 Å². The quantitative estimate of drug-likeness (QED) is 0.585. The maximum Gasteiger partial charge on any atom is 0.205 e. The SMILES string of the molecule is Oc1ccc2c(c1)[O+]=[C-]CC2c1ccccc1. The van der Waals surface area contributed by atoms with Crippen LogP contribution in [0.1, 0.15) is 23.5 Å². The minimum atomic E-state index is 0.222. The van der Waals surface area contributed by atoms with E-state index in [1.165, 1.54) is 5.56 Å². The maximum absolute atomic E-state index is 9.44. The molecule has 2 nitrogen and oxygen atoms in total. The third-order valence-corrected chi connectivity index (χ3v) is 3.04. The molecule has 1 atom stereocenters. The van der Waals surface area contributed by atoms with Gasteiger partial charge in [0.2, 0.25) is 5.75 Å². The van der Waals surface area contributed by atoms with Gasteiger partial charge in [0.05, 0.1) is 0 Å². The van der Waals surface area contributed by atoms with Crippen LogP contribution in [0.3, 0.4) is 0 Å². The van der Waals surface area contributed by atoms with Crippen molar-refractivity contribution in [3.05, 3.63) is 59.7 Å². The van der Waals surface area contributed by atoms with Crippen molar-refractivity contribution in [1.29, 1.82) is 0 Å². The van der Waals surface area contributed by atoms with Gasteiger partial charge in [0.25, 0.3) is 0 Å². The van der Waals surface area contributed by atoms with Crippen molar-refractivity contribution in [2.24, 2.45) is 0 Å². The zero-order chi connectivity index (χ0) is 11.7. The maximum atomic E-state index is 9.44. The Morgan fingerprint density at radius 3 is 2.76 bits per heavy atom. The van der Waals surface area contributed by atoms with Crippen molar-refractivity contribution in [2.75, 3.05) is 0 Å². The first-order chi connectivity index (χ1) is 8.34. The van der Waals surface area contributed by atoms with E-state index >= 15 is 0 Å². The van der Waals surface area contributed by atoms with Gasteiger partial charge in [0.15, 0.2) is 6.29 Å². The molecule has 0 saturated heterocycles. The van der Waals surface area contributed by atoms with Crippen LogP contribution in [0.5, 0.6) is 11.5 Å². The van der Waals surface area contributed by atoms with Crippen LogP contribution in [-0.2, 0) is 4.42 Å². The van der Waals surface area contributed by atoms with Gasteiger partial charge in [-0.15, -0.1) is 0 Å². The van der Waals surface area contributed by atoms with E-state index in [1.54, 1.807) is 12.1 Å². The fourth-order valence-electron chi connectivity index (χ4n) is 2.19. The molecule has 17 heavy (non-hydrogen) atoms. The smallest absolute Gasteiger partial charge is 0.205 e. The first-order valence-corrected chi connectivity index (χ1v) is 5.62. The first-order valence-electron chi connectivity index (χ1n) is 5.62. The molecule has 2 heteroatoms. The van der Waals surface area contributed by atoms with Crippen LogP contribution in [0, 0.1) is 0 Å². The number of aromatic hydroxyl groups is 1. The van der Waals surface area contributed by atoms with Crippen molar-refractivity contribution in [1.82, 2.24) is 0 Å². The van der Waals surface area contributed by atoms with E-state index in [1.807, 2.05) is 24.3 Å². The molecule has 2 aromatic rings. The zero-order valence-corrected chi connectivity index (χ0v) is 9.26. The summed E-state index contributed by atoms with van der Waals surface area (Å²) in [4.78, 5) is 0. The molecule has 0 saturated carbocycles. The van der Waals surface area contributed by atoms with Gasteiger partial charge in [-0.2, -0.15) is 0 Å². The molecule has 84 valence electrons. The summed E-state index contributed by atoms with van der Waals surface area (Å²) in [6.45, 7) is 0. The average molecular weight is 224 g/mol. The lowest BCUT2D eigenvalue weighted by Crippen LogP contribution is -2.06. The van der Waals surface area contributed by atoms with Gasteiger partial charge >= 0.3 is 0 Å². The number of hydrogen-bond acceptors (Lipinski definition) is 1. The second-order valence-electron chi connectivity index (χ2n) is 4.14. The average Bonchev–Trinajstić information content (AvgIpc) is 2.39. The molecule has 1 N–H and O–H groups in total. The molecule has 1 aliphatic rings. The lowest BCUT2D eigenvalue weighted by atomic mass is 9.87. The molecule has 0 fully saturated rings. The van der Waals surface area contributed by atoms with Crippen LogP contribution >= 0.6 is 0 Å². The summed E-state index contributed by atoms with van der Waals surface area (Å²) in [6.07, 6.45) is 3.64. The Kier molecular flexibility index (Phi) is 2.41. The zero-order valence-electron chi connectivity index (χ0n) is 9.26. The number of phenols is 1. The Balaban J connectivity index is 2.09. The van der Waals surface area contributed by atoms with E-state index in [4.69, 9.17) is 4.42 Å². The number of benzene rings is 2. The summed E-state index contributed by atoms with van der Waals surface area (Å²) in [5.74, 6) is 1.19. The van der Waals surface area contributed by atoms with E-state index < -0.39 is 0 Å². The Labute approximate surface area is 99.9 Å². The molecule has 2 aromatic carbocycles. The standard InChI is InChI=1S/C15H12O2/c16-12-6-7-14-13(8-9-17-15(14)10-12)11-4-2-1-3-5-11/h1-7,10,13,16H,8H2. The van der Waals surface area contributed by atoms with Gasteiger partial charge in [-0.1, -0.05) is 36.4 Å². The summed E-state index contributed by atoms with van der Waals surface area (Å²) < 4.78 is 5.35. The molecular weight excluding hydrogens is 212 g/mol. The van der Waals surface area contributed by atoms with Gasteiger partial charge in [-0.05, 0) is 35.6 Å². The molecule has 0 bridgehead atoms. The highest BCUT2D eigenvalue weighted by Gasteiger charge is 2.20. The molecule has 1 aliphatic heterocycles. The Morgan fingerprint density at radius 2 is 1.94 bits per heavy atom. The predicted molar refractivity (Wildman–Crippen MR) is 66.1 cm³/mol. The number of carbonyl (C=O) groups excluding carboxylic acids is 1. The number of rotatable bonds is 1. The van der Waals surface area contributed by atoms with Crippen molar-refractivity contribution in [2.45, 2.75) is 12.3 Å². The molecule has 3 rings (SSSR count). The highest BCUT2D eigenvalue weighted by atomic mass is 16.4. The van der Waals surface area contributed by atoms with Crippen LogP contribution in [0.25, 0.3) is 0 Å². The molecule has 0 amide bonds. The minimum Gasteiger partial charge on any atom is -0.509 e. The predicted octanol–water partition coefficient (Wildman–Crippen LogP) is 3.29. The minimum absolute atomic E-state index is 0.222. The highest BCUT2D eigenvalue weighted by molar-refractivity contribution is 5.62. The topological polar surface area (TPSA) is 31.5 Å². The van der Waals surface area contributed by atoms with E-state index in [0.717, 1.165) is 12.0 Å². The Bertz CT molecular complexity index is 558. The Hall–Kier alpha value is -2.09. The molecule has 0 aromatic heterocycles. The summed E-state index contributed by atoms with van der Waals surface area (Å²) in [5, 5.41) is 9.44. The van der Waals surface area contributed by atoms with Crippen LogP contribution in [0.2, 0.25) is 0 Å². The van der Waals surface area contributed by atoms with Crippen molar-refractivity contribution >= 4 is 6.29 Å². The summed E-state index contributed by atoms with van der Waals surface area (Å²) in [5.41, 5.74) is 2.35. The number of fused-ring (bicyclic) bond motifs is 1. The lowest BCUT2D eigenvalue weighted by Gasteiger charge is -2.20. The van der Waals surface area contributed by atoms with Crippen LogP contribution in [0.15, 0.2) is 48.5 Å². The normalized spacial score (nSPS) is 17.8. The second kappa shape index (κ2) is 4.06. The molecule has 1 heterocycles. The van der Waals surface area contributed by atoms with Gasteiger partial charge in [-0.3, -0.25) is 0 Å². The highest BCUT2D eigenvalue weighted by Crippen LogP contribution is 2.38. The lowest BCUT2D eigenvalue weighted by molar-refractivity contribution is 0.233. The molecule has 1 unspecified atom stereocenters. The van der Waals surface area contributed by atoms with Gasteiger partial charge < -0.3 is 9.53 Å². The van der Waals surface area contributed by atoms with Crippen LogP contribution in [-0.4, -0.2) is 11.4 Å². The number of hydrogen-bond donors (Lipinski definition) is 1. The van der Waals surface area contributed by atoms with E-state index in [9.17, 15) is 5.11 Å². The number of phenolic OH excluding ortho intramolecular Hbond substituents is 1. The van der Waals surface area contributed by atoms with Gasteiger partial charge in [0, 0.05) is 0 Å². The fourth-order valence-corrected chi connectivity index (χ4v) is 2.19. The van der Waals surface area contributed by atoms with E-state index in [0.29, 0.717) is 5.75 Å². The van der Waals surface area contributed by atoms with Crippen molar-refractivity contribution in [3.8, 4) is 11.5 Å². The summed E-state index contributed by atoms with van der Waals surface area (Å²) in [7, 11) is 0. The molecular formula is C15H12O2. The largest absolute Gasteiger partial charge is 0.509 e. The third kappa shape index (κ3) is 1.82. The Morgan fingerprint density at radius 1 is 1.12 bits per heavy atom. The monoisotopic (exact) mass is 224 g/mol. The molecule has 0 radical (unpaired) electrons. The van der Waals surface area contributed by atoms with Crippen LogP contribution in [0.4, 0.5) is 0 Å². The first kappa shape index (κ1) is 10.1. The summed E-state index contributed by atoms with van der Waals surface area (Å²) in [6, 6.07) is 15.5. The van der Waals surface area contributed by atoms with Crippen LogP contribution < -0.4 is 0 Å². The summed E-state index contributed by atoms with van der Waals surface area (Å²) >= 11 is 0.